The summed E-state index contributed by atoms with van der Waals surface area (Å²) in [6.45, 7) is 11.5. The largest absolute Gasteiger partial charge is 0.373 e. The molecule has 5 nitrogen and oxygen atoms in total. The van der Waals surface area contributed by atoms with E-state index in [9.17, 15) is 4.79 Å². The number of amides is 1. The minimum absolute atomic E-state index is 0.0716. The summed E-state index contributed by atoms with van der Waals surface area (Å²) in [6, 6.07) is 16.1. The third-order valence-corrected chi connectivity index (χ3v) is 6.03. The molecular weight excluding hydrogens is 374 g/mol. The quantitative estimate of drug-likeness (QED) is 0.798. The number of carbonyl (C=O) groups excluding carboxylic acids is 1. The summed E-state index contributed by atoms with van der Waals surface area (Å²) in [5, 5.41) is 3.01. The minimum Gasteiger partial charge on any atom is -0.373 e. The monoisotopic (exact) mass is 407 g/mol. The maximum absolute atomic E-state index is 12.6. The zero-order valence-electron chi connectivity index (χ0n) is 18.3. The van der Waals surface area contributed by atoms with Gasteiger partial charge in [0.1, 0.15) is 0 Å². The van der Waals surface area contributed by atoms with Crippen LogP contribution in [0.3, 0.4) is 0 Å². The molecule has 1 N–H and O–H groups in total. The van der Waals surface area contributed by atoms with Crippen molar-refractivity contribution < 1.29 is 9.53 Å². The van der Waals surface area contributed by atoms with Gasteiger partial charge in [0.25, 0.3) is 5.91 Å². The molecule has 2 fully saturated rings. The fourth-order valence-electron chi connectivity index (χ4n) is 4.56. The summed E-state index contributed by atoms with van der Waals surface area (Å²) in [6.07, 6.45) is 1.77. The molecule has 2 aliphatic heterocycles. The lowest BCUT2D eigenvalue weighted by atomic mass is 10.1. The molecule has 2 aromatic rings. The Morgan fingerprint density at radius 2 is 1.63 bits per heavy atom. The number of ether oxygens (including phenoxy) is 1. The highest BCUT2D eigenvalue weighted by atomic mass is 16.5. The van der Waals surface area contributed by atoms with Crippen molar-refractivity contribution in [2.75, 3.05) is 36.4 Å². The van der Waals surface area contributed by atoms with Crippen LogP contribution in [0, 0.1) is 5.92 Å². The second kappa shape index (κ2) is 9.19. The molecule has 5 heteroatoms. The summed E-state index contributed by atoms with van der Waals surface area (Å²) in [5.41, 5.74) is 3.96. The average molecular weight is 408 g/mol. The molecule has 3 atom stereocenters. The van der Waals surface area contributed by atoms with E-state index in [1.807, 2.05) is 24.3 Å². The first-order chi connectivity index (χ1) is 14.5. The molecule has 3 unspecified atom stereocenters. The van der Waals surface area contributed by atoms with Gasteiger partial charge in [-0.2, -0.15) is 0 Å². The minimum atomic E-state index is -0.0716. The molecule has 2 aliphatic rings. The van der Waals surface area contributed by atoms with Gasteiger partial charge in [-0.05, 0) is 68.1 Å². The van der Waals surface area contributed by atoms with Crippen LogP contribution in [0.2, 0.25) is 0 Å². The van der Waals surface area contributed by atoms with Gasteiger partial charge in [-0.1, -0.05) is 19.1 Å². The SMILES string of the molecule is CC1CCN(c2ccc(NC(=O)c3ccc(CN4CC(C)OC(C)C4)cc3)cc2)C1. The lowest BCUT2D eigenvalue weighted by molar-refractivity contribution is -0.0704. The smallest absolute Gasteiger partial charge is 0.255 e. The highest BCUT2D eigenvalue weighted by Crippen LogP contribution is 2.25. The molecule has 0 spiro atoms. The predicted octanol–water partition coefficient (Wildman–Crippen LogP) is 4.39. The van der Waals surface area contributed by atoms with E-state index in [1.54, 1.807) is 0 Å². The van der Waals surface area contributed by atoms with Crippen LogP contribution in [0.15, 0.2) is 48.5 Å². The van der Waals surface area contributed by atoms with E-state index in [4.69, 9.17) is 4.74 Å². The molecule has 2 saturated heterocycles. The number of rotatable bonds is 5. The Kier molecular flexibility index (Phi) is 6.40. The molecule has 30 heavy (non-hydrogen) atoms. The topological polar surface area (TPSA) is 44.8 Å². The molecule has 160 valence electrons. The molecule has 0 aliphatic carbocycles. The van der Waals surface area contributed by atoms with Gasteiger partial charge in [-0.3, -0.25) is 9.69 Å². The Labute approximate surface area is 180 Å². The van der Waals surface area contributed by atoms with Crippen LogP contribution in [0.4, 0.5) is 11.4 Å². The predicted molar refractivity (Wildman–Crippen MR) is 122 cm³/mol. The third-order valence-electron chi connectivity index (χ3n) is 6.03. The van der Waals surface area contributed by atoms with Crippen LogP contribution in [0.25, 0.3) is 0 Å². The maximum Gasteiger partial charge on any atom is 0.255 e. The van der Waals surface area contributed by atoms with E-state index in [0.29, 0.717) is 5.56 Å². The fraction of sp³-hybridized carbons (Fsp3) is 0.480. The number of hydrogen-bond acceptors (Lipinski definition) is 4. The Bertz CT molecular complexity index is 840. The maximum atomic E-state index is 12.6. The van der Waals surface area contributed by atoms with Crippen LogP contribution in [0.1, 0.15) is 43.1 Å². The molecule has 4 rings (SSSR count). The van der Waals surface area contributed by atoms with Crippen molar-refractivity contribution in [3.05, 3.63) is 59.7 Å². The zero-order chi connectivity index (χ0) is 21.1. The van der Waals surface area contributed by atoms with E-state index in [2.05, 4.69) is 60.2 Å². The van der Waals surface area contributed by atoms with E-state index in [1.165, 1.54) is 17.7 Å². The summed E-state index contributed by atoms with van der Waals surface area (Å²) >= 11 is 0. The highest BCUT2D eigenvalue weighted by molar-refractivity contribution is 6.04. The third kappa shape index (κ3) is 5.21. The molecule has 2 aromatic carbocycles. The average Bonchev–Trinajstić information content (AvgIpc) is 3.14. The number of nitrogens with one attached hydrogen (secondary N) is 1. The van der Waals surface area contributed by atoms with E-state index in [0.717, 1.165) is 44.3 Å². The van der Waals surface area contributed by atoms with E-state index >= 15 is 0 Å². The molecule has 0 bridgehead atoms. The van der Waals surface area contributed by atoms with Gasteiger partial charge in [-0.15, -0.1) is 0 Å². The zero-order valence-corrected chi connectivity index (χ0v) is 18.3. The van der Waals surface area contributed by atoms with Crippen LogP contribution in [-0.4, -0.2) is 49.2 Å². The summed E-state index contributed by atoms with van der Waals surface area (Å²) in [7, 11) is 0. The number of carbonyl (C=O) groups is 1. The molecule has 2 heterocycles. The first-order valence-electron chi connectivity index (χ1n) is 11.1. The second-order valence-electron chi connectivity index (χ2n) is 8.99. The Morgan fingerprint density at radius 1 is 0.967 bits per heavy atom. The lowest BCUT2D eigenvalue weighted by Gasteiger charge is -2.35. The Hall–Kier alpha value is -2.37. The fourth-order valence-corrected chi connectivity index (χ4v) is 4.56. The summed E-state index contributed by atoms with van der Waals surface area (Å²) in [5.74, 6) is 0.681. The van der Waals surface area contributed by atoms with Gasteiger partial charge >= 0.3 is 0 Å². The molecule has 0 aromatic heterocycles. The van der Waals surface area contributed by atoms with Crippen molar-refractivity contribution in [3.8, 4) is 0 Å². The van der Waals surface area contributed by atoms with Gasteiger partial charge < -0.3 is 15.0 Å². The van der Waals surface area contributed by atoms with Crippen molar-refractivity contribution in [2.45, 2.75) is 45.9 Å². The Balaban J connectivity index is 1.32. The van der Waals surface area contributed by atoms with Crippen LogP contribution in [-0.2, 0) is 11.3 Å². The highest BCUT2D eigenvalue weighted by Gasteiger charge is 2.22. The molecule has 1 amide bonds. The van der Waals surface area contributed by atoms with Crippen molar-refractivity contribution >= 4 is 17.3 Å². The van der Waals surface area contributed by atoms with Crippen molar-refractivity contribution in [3.63, 3.8) is 0 Å². The van der Waals surface area contributed by atoms with Gasteiger partial charge in [-0.25, -0.2) is 0 Å². The van der Waals surface area contributed by atoms with Gasteiger partial charge in [0.05, 0.1) is 12.2 Å². The van der Waals surface area contributed by atoms with Gasteiger partial charge in [0, 0.05) is 49.7 Å². The van der Waals surface area contributed by atoms with Gasteiger partial charge in [0.2, 0.25) is 0 Å². The number of benzene rings is 2. The standard InChI is InChI=1S/C25H33N3O2/c1-18-12-13-28(14-18)24-10-8-23(9-11-24)26-25(29)22-6-4-21(5-7-22)17-27-15-19(2)30-20(3)16-27/h4-11,18-20H,12-17H2,1-3H3,(H,26,29). The van der Waals surface area contributed by atoms with Crippen LogP contribution in [0.5, 0.6) is 0 Å². The van der Waals surface area contributed by atoms with Crippen molar-refractivity contribution in [2.24, 2.45) is 5.92 Å². The van der Waals surface area contributed by atoms with Crippen LogP contribution < -0.4 is 10.2 Å². The van der Waals surface area contributed by atoms with E-state index < -0.39 is 0 Å². The van der Waals surface area contributed by atoms with Gasteiger partial charge in [0.15, 0.2) is 0 Å². The number of hydrogen-bond donors (Lipinski definition) is 1. The second-order valence-corrected chi connectivity index (χ2v) is 8.99. The number of nitrogens with zero attached hydrogens (tertiary/aromatic N) is 2. The summed E-state index contributed by atoms with van der Waals surface area (Å²) in [4.78, 5) is 17.5. The van der Waals surface area contributed by atoms with Crippen molar-refractivity contribution in [1.82, 2.24) is 4.90 Å². The van der Waals surface area contributed by atoms with E-state index in [-0.39, 0.29) is 18.1 Å². The summed E-state index contributed by atoms with van der Waals surface area (Å²) < 4.78 is 5.80. The number of anilines is 2. The Morgan fingerprint density at radius 3 is 2.23 bits per heavy atom. The molecular formula is C25H33N3O2. The lowest BCUT2D eigenvalue weighted by Crippen LogP contribution is -2.44. The number of morpholine rings is 1. The van der Waals surface area contributed by atoms with Crippen molar-refractivity contribution in [1.29, 1.82) is 0 Å². The molecule has 0 radical (unpaired) electrons. The first-order valence-corrected chi connectivity index (χ1v) is 11.1. The van der Waals surface area contributed by atoms with Crippen LogP contribution >= 0.6 is 0 Å². The normalized spacial score (nSPS) is 24.8. The molecule has 0 saturated carbocycles. The first kappa shape index (κ1) is 20.9.